The average Bonchev–Trinajstić information content (AvgIpc) is 2.94. The second-order valence-electron chi connectivity index (χ2n) is 4.12. The molecule has 0 radical (unpaired) electrons. The van der Waals surface area contributed by atoms with Gasteiger partial charge in [-0.1, -0.05) is 6.92 Å². The van der Waals surface area contributed by atoms with Crippen LogP contribution in [0, 0.1) is 0 Å². The third-order valence-electron chi connectivity index (χ3n) is 2.78. The molecule has 3 aromatic rings. The zero-order valence-electron chi connectivity index (χ0n) is 10.2. The molecule has 92 valence electrons. The first-order chi connectivity index (χ1) is 8.67. The molecule has 6 heteroatoms. The molecule has 0 bridgehead atoms. The van der Waals surface area contributed by atoms with E-state index in [0.717, 1.165) is 22.2 Å². The normalized spacial score (nSPS) is 11.2. The van der Waals surface area contributed by atoms with Gasteiger partial charge in [-0.3, -0.25) is 4.68 Å². The number of aromatic nitrogens is 4. The van der Waals surface area contributed by atoms with E-state index >= 15 is 0 Å². The first-order valence-electron chi connectivity index (χ1n) is 5.72. The Morgan fingerprint density at radius 1 is 1.39 bits per heavy atom. The van der Waals surface area contributed by atoms with Gasteiger partial charge in [-0.2, -0.15) is 5.10 Å². The van der Waals surface area contributed by atoms with E-state index in [1.54, 1.807) is 22.2 Å². The summed E-state index contributed by atoms with van der Waals surface area (Å²) in [7, 11) is 1.87. The van der Waals surface area contributed by atoms with Gasteiger partial charge >= 0.3 is 0 Å². The van der Waals surface area contributed by atoms with Gasteiger partial charge in [0.25, 0.3) is 0 Å². The number of fused-ring (bicyclic) bond motifs is 1. The summed E-state index contributed by atoms with van der Waals surface area (Å²) in [5.74, 6) is 1.17. The highest BCUT2D eigenvalue weighted by Crippen LogP contribution is 2.29. The molecule has 3 aromatic heterocycles. The van der Waals surface area contributed by atoms with Crippen LogP contribution in [-0.4, -0.2) is 19.7 Å². The second-order valence-corrected chi connectivity index (χ2v) is 5.24. The number of hydrogen-bond acceptors (Lipinski definition) is 5. The topological polar surface area (TPSA) is 69.6 Å². The maximum absolute atomic E-state index is 6.00. The van der Waals surface area contributed by atoms with Gasteiger partial charge in [-0.05, 0) is 12.5 Å². The molecular formula is C12H13N5S. The van der Waals surface area contributed by atoms with Crippen molar-refractivity contribution in [2.75, 3.05) is 5.73 Å². The quantitative estimate of drug-likeness (QED) is 0.766. The lowest BCUT2D eigenvalue weighted by molar-refractivity contribution is 0.768. The minimum Gasteiger partial charge on any atom is -0.383 e. The maximum atomic E-state index is 6.00. The van der Waals surface area contributed by atoms with E-state index in [0.29, 0.717) is 11.6 Å². The van der Waals surface area contributed by atoms with Gasteiger partial charge in [0.05, 0.1) is 17.1 Å². The standard InChI is InChI=1S/C12H13N5S/c1-3-8-4-9-10(13)15-11(16-12(9)18-8)7-5-14-17(2)6-7/h4-6H,3H2,1-2H3,(H2,13,15,16). The molecule has 2 N–H and O–H groups in total. The van der Waals surface area contributed by atoms with Gasteiger partial charge in [-0.25, -0.2) is 9.97 Å². The van der Waals surface area contributed by atoms with Crippen molar-refractivity contribution in [3.63, 3.8) is 0 Å². The van der Waals surface area contributed by atoms with E-state index < -0.39 is 0 Å². The fourth-order valence-electron chi connectivity index (χ4n) is 1.83. The SMILES string of the molecule is CCc1cc2c(N)nc(-c3cnn(C)c3)nc2s1. The third-order valence-corrected chi connectivity index (χ3v) is 3.96. The highest BCUT2D eigenvalue weighted by atomic mass is 32.1. The van der Waals surface area contributed by atoms with Crippen LogP contribution in [0.2, 0.25) is 0 Å². The Balaban J connectivity index is 2.20. The van der Waals surface area contributed by atoms with Crippen molar-refractivity contribution in [2.45, 2.75) is 13.3 Å². The lowest BCUT2D eigenvalue weighted by atomic mass is 10.3. The molecule has 3 rings (SSSR count). The summed E-state index contributed by atoms with van der Waals surface area (Å²) >= 11 is 1.67. The predicted molar refractivity (Wildman–Crippen MR) is 73.4 cm³/mol. The first kappa shape index (κ1) is 11.2. The van der Waals surface area contributed by atoms with Crippen molar-refractivity contribution in [3.05, 3.63) is 23.3 Å². The minimum atomic E-state index is 0.537. The van der Waals surface area contributed by atoms with Gasteiger partial charge in [0.2, 0.25) is 0 Å². The van der Waals surface area contributed by atoms with E-state index in [9.17, 15) is 0 Å². The minimum absolute atomic E-state index is 0.537. The molecule has 0 unspecified atom stereocenters. The highest BCUT2D eigenvalue weighted by Gasteiger charge is 2.11. The summed E-state index contributed by atoms with van der Waals surface area (Å²) in [5, 5.41) is 5.07. The molecule has 0 fully saturated rings. The maximum Gasteiger partial charge on any atom is 0.166 e. The Labute approximate surface area is 108 Å². The summed E-state index contributed by atoms with van der Waals surface area (Å²) in [4.78, 5) is 11.1. The van der Waals surface area contributed by atoms with Crippen molar-refractivity contribution in [1.82, 2.24) is 19.7 Å². The smallest absolute Gasteiger partial charge is 0.166 e. The number of nitrogens with two attached hydrogens (primary N) is 1. The molecule has 0 aliphatic carbocycles. The Kier molecular flexibility index (Phi) is 2.52. The van der Waals surface area contributed by atoms with E-state index in [1.807, 2.05) is 13.2 Å². The van der Waals surface area contributed by atoms with Crippen molar-refractivity contribution >= 4 is 27.4 Å². The molecule has 0 amide bonds. The van der Waals surface area contributed by atoms with Crippen LogP contribution in [-0.2, 0) is 13.5 Å². The van der Waals surface area contributed by atoms with Gasteiger partial charge in [0.15, 0.2) is 5.82 Å². The fourth-order valence-corrected chi connectivity index (χ4v) is 2.81. The average molecular weight is 259 g/mol. The van der Waals surface area contributed by atoms with Crippen molar-refractivity contribution in [3.8, 4) is 11.4 Å². The molecule has 0 aliphatic heterocycles. The Morgan fingerprint density at radius 2 is 2.22 bits per heavy atom. The van der Waals surface area contributed by atoms with Crippen LogP contribution < -0.4 is 5.73 Å². The Bertz CT molecular complexity index is 712. The van der Waals surface area contributed by atoms with Gasteiger partial charge < -0.3 is 5.73 Å². The van der Waals surface area contributed by atoms with Crippen LogP contribution in [0.4, 0.5) is 5.82 Å². The van der Waals surface area contributed by atoms with Crippen molar-refractivity contribution in [2.24, 2.45) is 7.05 Å². The number of anilines is 1. The molecule has 0 aliphatic rings. The summed E-state index contributed by atoms with van der Waals surface area (Å²) in [6, 6.07) is 2.07. The van der Waals surface area contributed by atoms with Crippen LogP contribution in [0.3, 0.4) is 0 Å². The number of thiophene rings is 1. The molecule has 0 spiro atoms. The van der Waals surface area contributed by atoms with Gasteiger partial charge in [0, 0.05) is 18.1 Å². The molecule has 5 nitrogen and oxygen atoms in total. The summed E-state index contributed by atoms with van der Waals surface area (Å²) < 4.78 is 1.73. The van der Waals surface area contributed by atoms with Gasteiger partial charge in [-0.15, -0.1) is 11.3 Å². The summed E-state index contributed by atoms with van der Waals surface area (Å²) in [6.07, 6.45) is 4.62. The zero-order valence-corrected chi connectivity index (χ0v) is 11.0. The van der Waals surface area contributed by atoms with Crippen molar-refractivity contribution in [1.29, 1.82) is 0 Å². The van der Waals surface area contributed by atoms with E-state index in [2.05, 4.69) is 28.1 Å². The zero-order chi connectivity index (χ0) is 12.7. The number of nitrogens with zero attached hydrogens (tertiary/aromatic N) is 4. The molecule has 18 heavy (non-hydrogen) atoms. The fraction of sp³-hybridized carbons (Fsp3) is 0.250. The molecular weight excluding hydrogens is 246 g/mol. The second kappa shape index (κ2) is 4.06. The third kappa shape index (κ3) is 1.74. The van der Waals surface area contributed by atoms with Crippen LogP contribution in [0.25, 0.3) is 21.6 Å². The Hall–Kier alpha value is -1.95. The monoisotopic (exact) mass is 259 g/mol. The van der Waals surface area contributed by atoms with Crippen LogP contribution in [0.5, 0.6) is 0 Å². The van der Waals surface area contributed by atoms with E-state index in [-0.39, 0.29) is 0 Å². The van der Waals surface area contributed by atoms with Crippen LogP contribution >= 0.6 is 11.3 Å². The lowest BCUT2D eigenvalue weighted by Gasteiger charge is -1.99. The van der Waals surface area contributed by atoms with E-state index in [4.69, 9.17) is 5.73 Å². The van der Waals surface area contributed by atoms with E-state index in [1.165, 1.54) is 4.88 Å². The number of rotatable bonds is 2. The number of nitrogen functional groups attached to an aromatic ring is 1. The molecule has 0 saturated heterocycles. The molecule has 0 saturated carbocycles. The number of aryl methyl sites for hydroxylation is 2. The molecule has 0 aromatic carbocycles. The summed E-state index contributed by atoms with van der Waals surface area (Å²) in [6.45, 7) is 2.12. The van der Waals surface area contributed by atoms with Crippen molar-refractivity contribution < 1.29 is 0 Å². The predicted octanol–water partition coefficient (Wildman–Crippen LogP) is 2.24. The van der Waals surface area contributed by atoms with Crippen LogP contribution in [0.1, 0.15) is 11.8 Å². The number of hydrogen-bond donors (Lipinski definition) is 1. The first-order valence-corrected chi connectivity index (χ1v) is 6.54. The highest BCUT2D eigenvalue weighted by molar-refractivity contribution is 7.18. The van der Waals surface area contributed by atoms with Crippen LogP contribution in [0.15, 0.2) is 18.5 Å². The molecule has 0 atom stereocenters. The largest absolute Gasteiger partial charge is 0.383 e. The lowest BCUT2D eigenvalue weighted by Crippen LogP contribution is -1.95. The Morgan fingerprint density at radius 3 is 2.89 bits per heavy atom. The molecule has 3 heterocycles. The summed E-state index contributed by atoms with van der Waals surface area (Å²) in [5.41, 5.74) is 6.88. The van der Waals surface area contributed by atoms with Gasteiger partial charge in [0.1, 0.15) is 10.6 Å².